The van der Waals surface area contributed by atoms with Crippen LogP contribution < -0.4 is 0 Å². The number of hydrogen-bond acceptors (Lipinski definition) is 1. The van der Waals surface area contributed by atoms with Crippen LogP contribution in [-0.4, -0.2) is 13.2 Å². The topological polar surface area (TPSA) is 9.23 Å². The smallest absolute Gasteiger partial charge is 0.0571 e. The van der Waals surface area contributed by atoms with E-state index in [0.717, 1.165) is 5.92 Å². The van der Waals surface area contributed by atoms with Crippen LogP contribution in [0, 0.1) is 5.92 Å². The summed E-state index contributed by atoms with van der Waals surface area (Å²) in [7, 11) is 1.81. The van der Waals surface area contributed by atoms with E-state index in [-0.39, 0.29) is 0 Å². The summed E-state index contributed by atoms with van der Waals surface area (Å²) in [4.78, 5) is 0. The van der Waals surface area contributed by atoms with Gasteiger partial charge in [-0.25, -0.2) is 0 Å². The van der Waals surface area contributed by atoms with Gasteiger partial charge in [-0.2, -0.15) is 0 Å². The molecular weight excluding hydrogens is 112 g/mol. The fraction of sp³-hybridized carbons (Fsp3) is 1.00. The van der Waals surface area contributed by atoms with Crippen LogP contribution >= 0.6 is 0 Å². The van der Waals surface area contributed by atoms with Crippen LogP contribution in [0.25, 0.3) is 0 Å². The van der Waals surface area contributed by atoms with Gasteiger partial charge in [0.1, 0.15) is 0 Å². The molecule has 1 rings (SSSR count). The molecule has 0 aliphatic heterocycles. The summed E-state index contributed by atoms with van der Waals surface area (Å²) in [6, 6.07) is 0. The van der Waals surface area contributed by atoms with Crippen molar-refractivity contribution < 1.29 is 4.74 Å². The van der Waals surface area contributed by atoms with E-state index < -0.39 is 0 Å². The number of rotatable bonds is 2. The molecule has 0 saturated heterocycles. The highest BCUT2D eigenvalue weighted by atomic mass is 16.5. The SMILES string of the molecule is COC(C)C1CCCC1. The molecule has 1 aliphatic rings. The molecular formula is C8H16O. The number of hydrogen-bond donors (Lipinski definition) is 0. The number of ether oxygens (including phenoxy) is 1. The van der Waals surface area contributed by atoms with Gasteiger partial charge in [0, 0.05) is 7.11 Å². The third-order valence-electron chi connectivity index (χ3n) is 2.44. The fourth-order valence-electron chi connectivity index (χ4n) is 1.62. The first-order chi connectivity index (χ1) is 4.34. The maximum atomic E-state index is 5.23. The van der Waals surface area contributed by atoms with Crippen molar-refractivity contribution in [1.82, 2.24) is 0 Å². The summed E-state index contributed by atoms with van der Waals surface area (Å²) in [6.07, 6.45) is 6.09. The van der Waals surface area contributed by atoms with E-state index >= 15 is 0 Å². The molecule has 54 valence electrons. The minimum atomic E-state index is 0.493. The van der Waals surface area contributed by atoms with E-state index in [1.807, 2.05) is 7.11 Å². The highest BCUT2D eigenvalue weighted by molar-refractivity contribution is 4.72. The van der Waals surface area contributed by atoms with Gasteiger partial charge in [0.2, 0.25) is 0 Å². The third-order valence-corrected chi connectivity index (χ3v) is 2.44. The molecule has 1 aliphatic carbocycles. The van der Waals surface area contributed by atoms with Gasteiger partial charge >= 0.3 is 0 Å². The quantitative estimate of drug-likeness (QED) is 0.554. The lowest BCUT2D eigenvalue weighted by atomic mass is 10.0. The second-order valence-corrected chi connectivity index (χ2v) is 2.99. The van der Waals surface area contributed by atoms with Crippen molar-refractivity contribution in [3.8, 4) is 0 Å². The fourth-order valence-corrected chi connectivity index (χ4v) is 1.62. The molecule has 0 aromatic rings. The molecule has 0 aromatic heterocycles. The van der Waals surface area contributed by atoms with Gasteiger partial charge in [0.05, 0.1) is 6.10 Å². The van der Waals surface area contributed by atoms with Gasteiger partial charge < -0.3 is 4.74 Å². The van der Waals surface area contributed by atoms with Crippen molar-refractivity contribution in [2.24, 2.45) is 5.92 Å². The Bertz CT molecular complexity index is 74.6. The molecule has 1 unspecified atom stereocenters. The first kappa shape index (κ1) is 7.07. The van der Waals surface area contributed by atoms with Crippen molar-refractivity contribution in [1.29, 1.82) is 0 Å². The molecule has 0 radical (unpaired) electrons. The zero-order chi connectivity index (χ0) is 6.69. The molecule has 9 heavy (non-hydrogen) atoms. The predicted octanol–water partition coefficient (Wildman–Crippen LogP) is 2.21. The van der Waals surface area contributed by atoms with Gasteiger partial charge in [-0.05, 0) is 25.7 Å². The number of methoxy groups -OCH3 is 1. The molecule has 1 nitrogen and oxygen atoms in total. The Morgan fingerprint density at radius 1 is 1.33 bits per heavy atom. The first-order valence-corrected chi connectivity index (χ1v) is 3.87. The Hall–Kier alpha value is -0.0400. The van der Waals surface area contributed by atoms with E-state index in [1.165, 1.54) is 25.7 Å². The Labute approximate surface area is 57.4 Å². The maximum absolute atomic E-state index is 5.23. The minimum Gasteiger partial charge on any atom is -0.381 e. The van der Waals surface area contributed by atoms with Gasteiger partial charge in [0.15, 0.2) is 0 Å². The standard InChI is InChI=1S/C8H16O/c1-7(9-2)8-5-3-4-6-8/h7-8H,3-6H2,1-2H3. The van der Waals surface area contributed by atoms with Crippen molar-refractivity contribution in [2.45, 2.75) is 38.7 Å². The van der Waals surface area contributed by atoms with Crippen LogP contribution in [0.2, 0.25) is 0 Å². The van der Waals surface area contributed by atoms with Crippen molar-refractivity contribution in [3.05, 3.63) is 0 Å². The van der Waals surface area contributed by atoms with Crippen molar-refractivity contribution in [2.75, 3.05) is 7.11 Å². The zero-order valence-corrected chi connectivity index (χ0v) is 6.39. The Morgan fingerprint density at radius 3 is 2.33 bits per heavy atom. The van der Waals surface area contributed by atoms with Gasteiger partial charge in [-0.3, -0.25) is 0 Å². The summed E-state index contributed by atoms with van der Waals surface area (Å²) >= 11 is 0. The summed E-state index contributed by atoms with van der Waals surface area (Å²) < 4.78 is 5.23. The molecule has 0 aromatic carbocycles. The lowest BCUT2D eigenvalue weighted by Gasteiger charge is -2.15. The average molecular weight is 128 g/mol. The van der Waals surface area contributed by atoms with Crippen LogP contribution in [0.3, 0.4) is 0 Å². The van der Waals surface area contributed by atoms with E-state index in [4.69, 9.17) is 4.74 Å². The van der Waals surface area contributed by atoms with E-state index in [9.17, 15) is 0 Å². The summed E-state index contributed by atoms with van der Waals surface area (Å²) in [5.41, 5.74) is 0. The predicted molar refractivity (Wildman–Crippen MR) is 38.4 cm³/mol. The largest absolute Gasteiger partial charge is 0.381 e. The van der Waals surface area contributed by atoms with Gasteiger partial charge in [0.25, 0.3) is 0 Å². The highest BCUT2D eigenvalue weighted by Gasteiger charge is 2.20. The Kier molecular flexibility index (Phi) is 2.52. The van der Waals surface area contributed by atoms with Crippen LogP contribution in [-0.2, 0) is 4.74 Å². The van der Waals surface area contributed by atoms with Gasteiger partial charge in [-0.15, -0.1) is 0 Å². The molecule has 1 atom stereocenters. The summed E-state index contributed by atoms with van der Waals surface area (Å²) in [6.45, 7) is 2.18. The molecule has 1 saturated carbocycles. The third kappa shape index (κ3) is 1.68. The zero-order valence-electron chi connectivity index (χ0n) is 6.39. The minimum absolute atomic E-state index is 0.493. The molecule has 0 heterocycles. The second-order valence-electron chi connectivity index (χ2n) is 2.99. The lowest BCUT2D eigenvalue weighted by molar-refractivity contribution is 0.0694. The normalized spacial score (nSPS) is 24.7. The Morgan fingerprint density at radius 2 is 1.89 bits per heavy atom. The monoisotopic (exact) mass is 128 g/mol. The lowest BCUT2D eigenvalue weighted by Crippen LogP contribution is -2.15. The second kappa shape index (κ2) is 3.21. The van der Waals surface area contributed by atoms with Crippen molar-refractivity contribution >= 4 is 0 Å². The maximum Gasteiger partial charge on any atom is 0.0571 e. The molecule has 0 amide bonds. The molecule has 0 bridgehead atoms. The van der Waals surface area contributed by atoms with E-state index in [1.54, 1.807) is 0 Å². The molecule has 1 heteroatoms. The van der Waals surface area contributed by atoms with Crippen LogP contribution in [0.5, 0.6) is 0 Å². The van der Waals surface area contributed by atoms with E-state index in [2.05, 4.69) is 6.92 Å². The Balaban J connectivity index is 2.24. The molecule has 0 spiro atoms. The first-order valence-electron chi connectivity index (χ1n) is 3.87. The highest BCUT2D eigenvalue weighted by Crippen LogP contribution is 2.28. The summed E-state index contributed by atoms with van der Waals surface area (Å²) in [5, 5.41) is 0. The average Bonchev–Trinajstić information content (AvgIpc) is 2.37. The van der Waals surface area contributed by atoms with Crippen LogP contribution in [0.4, 0.5) is 0 Å². The molecule has 0 N–H and O–H groups in total. The molecule has 1 fully saturated rings. The van der Waals surface area contributed by atoms with Crippen molar-refractivity contribution in [3.63, 3.8) is 0 Å². The van der Waals surface area contributed by atoms with E-state index in [0.29, 0.717) is 6.10 Å². The summed E-state index contributed by atoms with van der Waals surface area (Å²) in [5.74, 6) is 0.856. The van der Waals surface area contributed by atoms with Gasteiger partial charge in [-0.1, -0.05) is 12.8 Å². The van der Waals surface area contributed by atoms with Crippen LogP contribution in [0.15, 0.2) is 0 Å². The van der Waals surface area contributed by atoms with Crippen LogP contribution in [0.1, 0.15) is 32.6 Å².